The molecule has 102 valence electrons. The van der Waals surface area contributed by atoms with Crippen LogP contribution in [0.1, 0.15) is 29.6 Å². The molecule has 0 N–H and O–H groups in total. The van der Waals surface area contributed by atoms with Crippen LogP contribution in [0.15, 0.2) is 30.3 Å². The molecule has 1 aromatic rings. The van der Waals surface area contributed by atoms with E-state index in [1.165, 1.54) is 0 Å². The lowest BCUT2D eigenvalue weighted by molar-refractivity contribution is -0.130. The normalized spacial score (nSPS) is 18.6. The fourth-order valence-corrected chi connectivity index (χ4v) is 2.29. The average molecular weight is 261 g/mol. The van der Waals surface area contributed by atoms with Crippen molar-refractivity contribution in [2.45, 2.75) is 25.4 Å². The van der Waals surface area contributed by atoms with Crippen molar-refractivity contribution in [3.05, 3.63) is 35.9 Å². The van der Waals surface area contributed by atoms with Crippen LogP contribution in [0.5, 0.6) is 0 Å². The van der Waals surface area contributed by atoms with Crippen LogP contribution in [0.4, 0.5) is 0 Å². The molecule has 1 fully saturated rings. The first-order chi connectivity index (χ1) is 9.20. The molecule has 1 atom stereocenters. The summed E-state index contributed by atoms with van der Waals surface area (Å²) in [5.41, 5.74) is 0.673. The number of hydrogen-bond donors (Lipinski definition) is 0. The Morgan fingerprint density at radius 2 is 2.00 bits per heavy atom. The van der Waals surface area contributed by atoms with E-state index in [9.17, 15) is 9.59 Å². The lowest BCUT2D eigenvalue weighted by Crippen LogP contribution is -2.30. The third-order valence-electron chi connectivity index (χ3n) is 3.49. The Kier molecular flexibility index (Phi) is 4.68. The molecule has 1 aliphatic heterocycles. The third-order valence-corrected chi connectivity index (χ3v) is 3.49. The summed E-state index contributed by atoms with van der Waals surface area (Å²) in [5, 5.41) is 0. The Balaban J connectivity index is 1.80. The van der Waals surface area contributed by atoms with Crippen LogP contribution in [0.25, 0.3) is 0 Å². The van der Waals surface area contributed by atoms with E-state index in [2.05, 4.69) is 0 Å². The topological polar surface area (TPSA) is 46.6 Å². The molecule has 1 aliphatic rings. The molecule has 0 aromatic heterocycles. The lowest BCUT2D eigenvalue weighted by atomic mass is 10.1. The van der Waals surface area contributed by atoms with E-state index in [1.54, 1.807) is 24.1 Å². The van der Waals surface area contributed by atoms with E-state index in [4.69, 9.17) is 4.74 Å². The van der Waals surface area contributed by atoms with Crippen LogP contribution in [-0.2, 0) is 9.53 Å². The Bertz CT molecular complexity index is 444. The van der Waals surface area contributed by atoms with Crippen molar-refractivity contribution in [1.82, 2.24) is 4.90 Å². The van der Waals surface area contributed by atoms with Gasteiger partial charge in [0.05, 0.1) is 6.10 Å². The maximum Gasteiger partial charge on any atom is 0.223 e. The maximum atomic E-state index is 12.0. The number of Topliss-reactive ketones (excluding diaryl/α,β-unsaturated/α-hetero) is 1. The van der Waals surface area contributed by atoms with E-state index in [-0.39, 0.29) is 30.6 Å². The van der Waals surface area contributed by atoms with Crippen molar-refractivity contribution >= 4 is 11.7 Å². The molecule has 1 unspecified atom stereocenters. The summed E-state index contributed by atoms with van der Waals surface area (Å²) in [7, 11) is 1.66. The summed E-state index contributed by atoms with van der Waals surface area (Å²) >= 11 is 0. The first-order valence-electron chi connectivity index (χ1n) is 6.59. The highest BCUT2D eigenvalue weighted by atomic mass is 16.5. The zero-order valence-electron chi connectivity index (χ0n) is 11.2. The molecule has 0 radical (unpaired) electrons. The van der Waals surface area contributed by atoms with E-state index in [1.807, 2.05) is 18.2 Å². The van der Waals surface area contributed by atoms with E-state index in [0.29, 0.717) is 12.1 Å². The van der Waals surface area contributed by atoms with Gasteiger partial charge in [-0.1, -0.05) is 30.3 Å². The second-order valence-electron chi connectivity index (χ2n) is 4.78. The zero-order valence-corrected chi connectivity index (χ0v) is 11.2. The molecule has 1 amide bonds. The minimum Gasteiger partial charge on any atom is -0.380 e. The van der Waals surface area contributed by atoms with Gasteiger partial charge in [0, 0.05) is 38.6 Å². The van der Waals surface area contributed by atoms with Crippen molar-refractivity contribution in [3.8, 4) is 0 Å². The molecule has 4 heteroatoms. The Morgan fingerprint density at radius 3 is 2.63 bits per heavy atom. The third kappa shape index (κ3) is 3.64. The molecular weight excluding hydrogens is 242 g/mol. The minimum atomic E-state index is 0.0245. The number of benzene rings is 1. The molecule has 1 aromatic carbocycles. The van der Waals surface area contributed by atoms with Crippen LogP contribution < -0.4 is 0 Å². The second kappa shape index (κ2) is 6.48. The highest BCUT2D eigenvalue weighted by molar-refractivity contribution is 5.97. The molecule has 1 heterocycles. The van der Waals surface area contributed by atoms with Gasteiger partial charge < -0.3 is 9.64 Å². The van der Waals surface area contributed by atoms with Crippen molar-refractivity contribution in [2.75, 3.05) is 20.2 Å². The standard InChI is InChI=1S/C15H19NO3/c1-19-13-9-10-16(11-13)15(18)8-7-14(17)12-5-3-2-4-6-12/h2-6,13H,7-11H2,1H3. The highest BCUT2D eigenvalue weighted by Gasteiger charge is 2.25. The van der Waals surface area contributed by atoms with Crippen LogP contribution in [0.3, 0.4) is 0 Å². The number of ether oxygens (including phenoxy) is 1. The number of ketones is 1. The van der Waals surface area contributed by atoms with Gasteiger partial charge in [-0.3, -0.25) is 9.59 Å². The predicted octanol–water partition coefficient (Wildman–Crippen LogP) is 1.90. The Hall–Kier alpha value is -1.68. The van der Waals surface area contributed by atoms with Crippen molar-refractivity contribution < 1.29 is 14.3 Å². The number of rotatable bonds is 5. The molecule has 1 saturated heterocycles. The minimum absolute atomic E-state index is 0.0245. The second-order valence-corrected chi connectivity index (χ2v) is 4.78. The van der Waals surface area contributed by atoms with E-state index >= 15 is 0 Å². The van der Waals surface area contributed by atoms with Crippen LogP contribution in [0.2, 0.25) is 0 Å². The molecule has 0 bridgehead atoms. The van der Waals surface area contributed by atoms with Gasteiger partial charge in [-0.2, -0.15) is 0 Å². The van der Waals surface area contributed by atoms with Gasteiger partial charge >= 0.3 is 0 Å². The first kappa shape index (κ1) is 13.7. The van der Waals surface area contributed by atoms with Crippen LogP contribution >= 0.6 is 0 Å². The van der Waals surface area contributed by atoms with Gasteiger partial charge in [0.1, 0.15) is 0 Å². The van der Waals surface area contributed by atoms with E-state index < -0.39 is 0 Å². The summed E-state index contributed by atoms with van der Waals surface area (Å²) in [4.78, 5) is 25.6. The van der Waals surface area contributed by atoms with Gasteiger partial charge in [0.25, 0.3) is 0 Å². The molecule has 0 aliphatic carbocycles. The molecule has 0 saturated carbocycles. The van der Waals surface area contributed by atoms with Crippen molar-refractivity contribution in [1.29, 1.82) is 0 Å². The zero-order chi connectivity index (χ0) is 13.7. The number of hydrogen-bond acceptors (Lipinski definition) is 3. The SMILES string of the molecule is COC1CCN(C(=O)CCC(=O)c2ccccc2)C1. The van der Waals surface area contributed by atoms with Gasteiger partial charge in [0.2, 0.25) is 5.91 Å². The summed E-state index contributed by atoms with van der Waals surface area (Å²) in [6.07, 6.45) is 1.59. The molecule has 0 spiro atoms. The molecule has 19 heavy (non-hydrogen) atoms. The number of likely N-dealkylation sites (tertiary alicyclic amines) is 1. The Labute approximate surface area is 113 Å². The number of amides is 1. The predicted molar refractivity (Wildman–Crippen MR) is 72.0 cm³/mol. The smallest absolute Gasteiger partial charge is 0.223 e. The van der Waals surface area contributed by atoms with Crippen molar-refractivity contribution in [3.63, 3.8) is 0 Å². The van der Waals surface area contributed by atoms with Gasteiger partial charge in [-0.05, 0) is 6.42 Å². The number of carbonyl (C=O) groups is 2. The van der Waals surface area contributed by atoms with Crippen LogP contribution in [0, 0.1) is 0 Å². The lowest BCUT2D eigenvalue weighted by Gasteiger charge is -2.15. The number of nitrogens with zero attached hydrogens (tertiary/aromatic N) is 1. The largest absolute Gasteiger partial charge is 0.380 e. The van der Waals surface area contributed by atoms with Gasteiger partial charge in [-0.25, -0.2) is 0 Å². The fraction of sp³-hybridized carbons (Fsp3) is 0.467. The molecular formula is C15H19NO3. The van der Waals surface area contributed by atoms with E-state index in [0.717, 1.165) is 13.0 Å². The van der Waals surface area contributed by atoms with Gasteiger partial charge in [0.15, 0.2) is 5.78 Å². The quantitative estimate of drug-likeness (QED) is 0.760. The summed E-state index contributed by atoms with van der Waals surface area (Å²) < 4.78 is 5.23. The fourth-order valence-electron chi connectivity index (χ4n) is 2.29. The van der Waals surface area contributed by atoms with Crippen LogP contribution in [-0.4, -0.2) is 42.9 Å². The summed E-state index contributed by atoms with van der Waals surface area (Å²) in [6, 6.07) is 9.10. The van der Waals surface area contributed by atoms with Gasteiger partial charge in [-0.15, -0.1) is 0 Å². The summed E-state index contributed by atoms with van der Waals surface area (Å²) in [5.74, 6) is 0.0697. The first-order valence-corrected chi connectivity index (χ1v) is 6.59. The van der Waals surface area contributed by atoms with Crippen molar-refractivity contribution in [2.24, 2.45) is 0 Å². The summed E-state index contributed by atoms with van der Waals surface area (Å²) in [6.45, 7) is 1.38. The number of methoxy groups -OCH3 is 1. The molecule has 2 rings (SSSR count). The monoisotopic (exact) mass is 261 g/mol. The maximum absolute atomic E-state index is 12.0. The average Bonchev–Trinajstić information content (AvgIpc) is 2.94. The molecule has 4 nitrogen and oxygen atoms in total. The number of carbonyl (C=O) groups excluding carboxylic acids is 2. The Morgan fingerprint density at radius 1 is 1.26 bits per heavy atom. The highest BCUT2D eigenvalue weighted by Crippen LogP contribution is 2.14.